The molecule has 0 heteroatoms. The smallest absolute Gasteiger partial charge is 0.0159 e. The van der Waals surface area contributed by atoms with Crippen LogP contribution in [0.5, 0.6) is 0 Å². The van der Waals surface area contributed by atoms with Gasteiger partial charge in [0.15, 0.2) is 0 Å². The Hall–Kier alpha value is -7.28. The molecule has 0 aromatic heterocycles. The third-order valence-corrected chi connectivity index (χ3v) is 12.4. The van der Waals surface area contributed by atoms with Crippen LogP contribution in [-0.2, 0) is 5.41 Å². The minimum absolute atomic E-state index is 0.0857. The minimum atomic E-state index is -0.0857. The summed E-state index contributed by atoms with van der Waals surface area (Å²) in [6, 6.07) is 72.2. The Morgan fingerprint density at radius 3 is 1.42 bits per heavy atom. The Kier molecular flexibility index (Phi) is 8.92. The summed E-state index contributed by atoms with van der Waals surface area (Å²) < 4.78 is 0. The van der Waals surface area contributed by atoms with E-state index in [0.29, 0.717) is 0 Å². The molecule has 0 saturated carbocycles. The van der Waals surface area contributed by atoms with Gasteiger partial charge in [-0.25, -0.2) is 0 Å². The summed E-state index contributed by atoms with van der Waals surface area (Å²) >= 11 is 0. The van der Waals surface area contributed by atoms with Crippen LogP contribution in [0.1, 0.15) is 25.0 Å². The van der Waals surface area contributed by atoms with Gasteiger partial charge in [0, 0.05) is 5.41 Å². The van der Waals surface area contributed by atoms with Crippen molar-refractivity contribution in [2.75, 3.05) is 0 Å². The van der Waals surface area contributed by atoms with Crippen LogP contribution < -0.4 is 0 Å². The molecule has 59 heavy (non-hydrogen) atoms. The summed E-state index contributed by atoms with van der Waals surface area (Å²) in [5.41, 5.74) is 15.4. The van der Waals surface area contributed by atoms with E-state index < -0.39 is 0 Å². The van der Waals surface area contributed by atoms with Crippen LogP contribution in [-0.4, -0.2) is 0 Å². The summed E-state index contributed by atoms with van der Waals surface area (Å²) in [4.78, 5) is 0. The number of allylic oxidation sites excluding steroid dienone is 2. The van der Waals surface area contributed by atoms with Crippen molar-refractivity contribution in [1.82, 2.24) is 0 Å². The molecule has 0 unspecified atom stereocenters. The third-order valence-electron chi connectivity index (χ3n) is 12.4. The molecule has 10 aromatic carbocycles. The fraction of sp³-hybridized carbons (Fsp3) is 0.0508. The summed E-state index contributed by atoms with van der Waals surface area (Å²) in [6.45, 7) is 11.5. The summed E-state index contributed by atoms with van der Waals surface area (Å²) in [5, 5.41) is 10.2. The molecule has 1 aliphatic rings. The topological polar surface area (TPSA) is 0 Å². The second-order valence-corrected chi connectivity index (χ2v) is 16.1. The van der Waals surface area contributed by atoms with Crippen LogP contribution in [0.2, 0.25) is 0 Å². The van der Waals surface area contributed by atoms with E-state index in [4.69, 9.17) is 0 Å². The SMILES string of the molecule is C=CC=C.CC1(C)c2cc(-c3cccc(-c4c5ccccc5c(-c5ccc(-c6cccc7ccccc67)cc5)c5ccccc45)c3)ccc2-c2cc3ccccc3cc21. The number of rotatable bonds is 5. The largest absolute Gasteiger partial charge is 0.0991 e. The molecule has 0 aliphatic heterocycles. The van der Waals surface area contributed by atoms with Crippen LogP contribution in [0.15, 0.2) is 219 Å². The van der Waals surface area contributed by atoms with E-state index >= 15 is 0 Å². The van der Waals surface area contributed by atoms with Crippen molar-refractivity contribution in [2.24, 2.45) is 0 Å². The van der Waals surface area contributed by atoms with Gasteiger partial charge in [-0.3, -0.25) is 0 Å². The first kappa shape index (κ1) is 36.1. The zero-order chi connectivity index (χ0) is 40.1. The number of fused-ring (bicyclic) bond motifs is 7. The molecule has 0 heterocycles. The lowest BCUT2D eigenvalue weighted by atomic mass is 9.81. The molecule has 0 amide bonds. The summed E-state index contributed by atoms with van der Waals surface area (Å²) in [6.07, 6.45) is 3.28. The normalized spacial score (nSPS) is 12.5. The predicted molar refractivity (Wildman–Crippen MR) is 256 cm³/mol. The van der Waals surface area contributed by atoms with Gasteiger partial charge in [-0.05, 0) is 134 Å². The van der Waals surface area contributed by atoms with Crippen LogP contribution >= 0.6 is 0 Å². The molecule has 0 fully saturated rings. The molecule has 11 rings (SSSR count). The first-order valence-corrected chi connectivity index (χ1v) is 20.5. The zero-order valence-corrected chi connectivity index (χ0v) is 33.5. The fourth-order valence-corrected chi connectivity index (χ4v) is 9.50. The molecule has 0 nitrogen and oxygen atoms in total. The van der Waals surface area contributed by atoms with E-state index in [-0.39, 0.29) is 5.41 Å². The van der Waals surface area contributed by atoms with Crippen molar-refractivity contribution >= 4 is 43.1 Å². The molecular formula is C59H44. The van der Waals surface area contributed by atoms with E-state index in [1.807, 2.05) is 0 Å². The molecule has 0 N–H and O–H groups in total. The van der Waals surface area contributed by atoms with Crippen molar-refractivity contribution in [3.8, 4) is 55.6 Å². The van der Waals surface area contributed by atoms with Gasteiger partial charge in [-0.15, -0.1) is 0 Å². The Bertz CT molecular complexity index is 3200. The van der Waals surface area contributed by atoms with Crippen molar-refractivity contribution in [1.29, 1.82) is 0 Å². The van der Waals surface area contributed by atoms with Gasteiger partial charge in [0.05, 0.1) is 0 Å². The molecular weight excluding hydrogens is 709 g/mol. The lowest BCUT2D eigenvalue weighted by Gasteiger charge is -2.22. The molecule has 0 radical (unpaired) electrons. The Labute approximate surface area is 347 Å². The standard InChI is InChI=1S/C55H38.C4H6/c1-55(2)51-34-41(29-30-45(51)50-32-39-14-3-4-15-40(39)33-52(50)55)38-17-11-18-42(31-38)54-48-22-9-7-20-46(48)53(47-21-8-10-23-49(47)54)37-27-25-36(26-28-37)44-24-12-16-35-13-5-6-19-43(35)44;1-3-4-2/h3-34H,1-2H3;3-4H,1-2H2. The molecule has 1 aliphatic carbocycles. The molecule has 10 aromatic rings. The maximum atomic E-state index is 3.36. The molecule has 0 bridgehead atoms. The first-order valence-electron chi connectivity index (χ1n) is 20.5. The second kappa shape index (κ2) is 14.6. The average molecular weight is 753 g/mol. The molecule has 0 atom stereocenters. The van der Waals surface area contributed by atoms with Crippen LogP contribution in [0, 0.1) is 0 Å². The molecule has 0 saturated heterocycles. The van der Waals surface area contributed by atoms with Gasteiger partial charge in [-0.1, -0.05) is 209 Å². The van der Waals surface area contributed by atoms with Crippen LogP contribution in [0.3, 0.4) is 0 Å². The van der Waals surface area contributed by atoms with Gasteiger partial charge in [0.25, 0.3) is 0 Å². The highest BCUT2D eigenvalue weighted by Crippen LogP contribution is 2.51. The quantitative estimate of drug-likeness (QED) is 0.121. The van der Waals surface area contributed by atoms with Crippen molar-refractivity contribution in [3.63, 3.8) is 0 Å². The monoisotopic (exact) mass is 752 g/mol. The average Bonchev–Trinajstić information content (AvgIpc) is 3.51. The van der Waals surface area contributed by atoms with Gasteiger partial charge in [-0.2, -0.15) is 0 Å². The van der Waals surface area contributed by atoms with Gasteiger partial charge < -0.3 is 0 Å². The number of benzene rings is 10. The summed E-state index contributed by atoms with van der Waals surface area (Å²) in [7, 11) is 0. The summed E-state index contributed by atoms with van der Waals surface area (Å²) in [5.74, 6) is 0. The lowest BCUT2D eigenvalue weighted by molar-refractivity contribution is 0.661. The van der Waals surface area contributed by atoms with Crippen molar-refractivity contribution < 1.29 is 0 Å². The maximum absolute atomic E-state index is 3.36. The van der Waals surface area contributed by atoms with Crippen molar-refractivity contribution in [3.05, 3.63) is 231 Å². The van der Waals surface area contributed by atoms with Crippen LogP contribution in [0.4, 0.5) is 0 Å². The zero-order valence-electron chi connectivity index (χ0n) is 33.5. The second-order valence-electron chi connectivity index (χ2n) is 16.1. The number of hydrogen-bond acceptors (Lipinski definition) is 0. The van der Waals surface area contributed by atoms with E-state index in [1.165, 1.54) is 110 Å². The van der Waals surface area contributed by atoms with Gasteiger partial charge >= 0.3 is 0 Å². The van der Waals surface area contributed by atoms with E-state index in [0.717, 1.165) is 0 Å². The third kappa shape index (κ3) is 6.08. The minimum Gasteiger partial charge on any atom is -0.0991 e. The highest BCUT2D eigenvalue weighted by Gasteiger charge is 2.36. The molecule has 0 spiro atoms. The molecule has 280 valence electrons. The van der Waals surface area contributed by atoms with E-state index in [1.54, 1.807) is 12.2 Å². The van der Waals surface area contributed by atoms with Gasteiger partial charge in [0.2, 0.25) is 0 Å². The van der Waals surface area contributed by atoms with E-state index in [9.17, 15) is 0 Å². The van der Waals surface area contributed by atoms with E-state index in [2.05, 4.69) is 221 Å². The first-order chi connectivity index (χ1) is 28.9. The lowest BCUT2D eigenvalue weighted by Crippen LogP contribution is -2.15. The van der Waals surface area contributed by atoms with Gasteiger partial charge in [0.1, 0.15) is 0 Å². The fourth-order valence-electron chi connectivity index (χ4n) is 9.50. The Morgan fingerprint density at radius 2 is 0.780 bits per heavy atom. The number of hydrogen-bond donors (Lipinski definition) is 0. The highest BCUT2D eigenvalue weighted by molar-refractivity contribution is 6.21. The van der Waals surface area contributed by atoms with Crippen molar-refractivity contribution in [2.45, 2.75) is 19.3 Å². The maximum Gasteiger partial charge on any atom is 0.0159 e. The predicted octanol–water partition coefficient (Wildman–Crippen LogP) is 16.6. The highest BCUT2D eigenvalue weighted by atomic mass is 14.4. The van der Waals surface area contributed by atoms with Crippen LogP contribution in [0.25, 0.3) is 98.7 Å². The Balaban J connectivity index is 0.00000101. The Morgan fingerprint density at radius 1 is 0.322 bits per heavy atom.